The molecule has 5 nitrogen and oxygen atoms in total. The van der Waals surface area contributed by atoms with Gasteiger partial charge in [0, 0.05) is 31.3 Å². The van der Waals surface area contributed by atoms with Crippen LogP contribution in [0.4, 0.5) is 9.93 Å². The Labute approximate surface area is 142 Å². The van der Waals surface area contributed by atoms with E-state index in [-0.39, 0.29) is 6.03 Å². The van der Waals surface area contributed by atoms with Crippen LogP contribution in [0.25, 0.3) is 0 Å². The third-order valence-corrected chi connectivity index (χ3v) is 6.13. The van der Waals surface area contributed by atoms with Gasteiger partial charge in [-0.15, -0.1) is 0 Å². The van der Waals surface area contributed by atoms with E-state index in [0.717, 1.165) is 11.4 Å². The normalized spacial score (nSPS) is 23.1. The largest absolute Gasteiger partial charge is 0.379 e. The second kappa shape index (κ2) is 6.77. The van der Waals surface area contributed by atoms with E-state index in [4.69, 9.17) is 4.74 Å². The molecule has 1 N–H and O–H groups in total. The highest BCUT2D eigenvalue weighted by Gasteiger charge is 2.55. The summed E-state index contributed by atoms with van der Waals surface area (Å²) in [6, 6.07) is 0.361. The highest BCUT2D eigenvalue weighted by Crippen LogP contribution is 2.51. The number of urea groups is 1. The summed E-state index contributed by atoms with van der Waals surface area (Å²) in [5, 5.41) is 3.63. The highest BCUT2D eigenvalue weighted by molar-refractivity contribution is 7.15. The lowest BCUT2D eigenvalue weighted by Gasteiger charge is -2.60. The fourth-order valence-corrected chi connectivity index (χ4v) is 5.24. The molecule has 1 aromatic rings. The van der Waals surface area contributed by atoms with Crippen molar-refractivity contribution < 1.29 is 9.53 Å². The monoisotopic (exact) mass is 337 g/mol. The molecule has 0 aromatic carbocycles. The minimum atomic E-state index is -0.00165. The molecule has 1 aromatic heterocycles. The number of aromatic nitrogens is 1. The van der Waals surface area contributed by atoms with E-state index < -0.39 is 0 Å². The van der Waals surface area contributed by atoms with Crippen molar-refractivity contribution in [1.29, 1.82) is 0 Å². The second-order valence-corrected chi connectivity index (χ2v) is 8.35. The van der Waals surface area contributed by atoms with Crippen molar-refractivity contribution in [1.82, 2.24) is 9.88 Å². The number of amides is 2. The van der Waals surface area contributed by atoms with Crippen LogP contribution < -0.4 is 5.32 Å². The zero-order chi connectivity index (χ0) is 16.4. The number of likely N-dealkylation sites (tertiary alicyclic amines) is 1. The number of thiazole rings is 1. The first-order valence-corrected chi connectivity index (χ1v) is 9.39. The number of nitrogens with one attached hydrogen (secondary N) is 1. The third kappa shape index (κ3) is 3.24. The van der Waals surface area contributed by atoms with Gasteiger partial charge in [-0.25, -0.2) is 9.78 Å². The van der Waals surface area contributed by atoms with E-state index >= 15 is 0 Å². The van der Waals surface area contributed by atoms with E-state index in [1.54, 1.807) is 13.3 Å². The Morgan fingerprint density at radius 2 is 2.22 bits per heavy atom. The SMILES string of the molecule is COCc1cnc(NC(=O)N2CC3(CCCCC3)[C@@H]2C(C)C)s1. The smallest absolute Gasteiger partial charge is 0.323 e. The van der Waals surface area contributed by atoms with E-state index in [9.17, 15) is 4.79 Å². The number of carbonyl (C=O) groups is 1. The van der Waals surface area contributed by atoms with Crippen molar-refractivity contribution in [2.24, 2.45) is 11.3 Å². The molecule has 2 aliphatic rings. The molecule has 2 fully saturated rings. The summed E-state index contributed by atoms with van der Waals surface area (Å²) < 4.78 is 5.10. The van der Waals surface area contributed by atoms with Gasteiger partial charge in [0.05, 0.1) is 11.5 Å². The molecule has 1 saturated heterocycles. The second-order valence-electron chi connectivity index (χ2n) is 7.23. The number of carbonyl (C=O) groups excluding carboxylic acids is 1. The number of ether oxygens (including phenoxy) is 1. The molecule has 128 valence electrons. The lowest BCUT2D eigenvalue weighted by Crippen LogP contribution is -2.69. The van der Waals surface area contributed by atoms with Crippen LogP contribution in [-0.2, 0) is 11.3 Å². The van der Waals surface area contributed by atoms with Crippen molar-refractivity contribution in [2.75, 3.05) is 19.0 Å². The summed E-state index contributed by atoms with van der Waals surface area (Å²) in [5.74, 6) is 0.493. The molecule has 23 heavy (non-hydrogen) atoms. The van der Waals surface area contributed by atoms with Crippen LogP contribution >= 0.6 is 11.3 Å². The molecule has 1 aliphatic carbocycles. The number of hydrogen-bond donors (Lipinski definition) is 1. The van der Waals surface area contributed by atoms with Crippen LogP contribution in [0.2, 0.25) is 0 Å². The van der Waals surface area contributed by atoms with Crippen molar-refractivity contribution in [2.45, 2.75) is 58.6 Å². The van der Waals surface area contributed by atoms with Gasteiger partial charge in [-0.05, 0) is 18.8 Å². The minimum absolute atomic E-state index is 0.00165. The molecule has 0 bridgehead atoms. The average Bonchev–Trinajstić information content (AvgIpc) is 2.93. The summed E-state index contributed by atoms with van der Waals surface area (Å²) >= 11 is 1.48. The Morgan fingerprint density at radius 1 is 1.48 bits per heavy atom. The van der Waals surface area contributed by atoms with Gasteiger partial charge in [-0.1, -0.05) is 44.4 Å². The van der Waals surface area contributed by atoms with Gasteiger partial charge in [0.25, 0.3) is 0 Å². The van der Waals surface area contributed by atoms with Crippen molar-refractivity contribution >= 4 is 22.5 Å². The molecule has 1 aliphatic heterocycles. The van der Waals surface area contributed by atoms with Crippen molar-refractivity contribution in [3.63, 3.8) is 0 Å². The van der Waals surface area contributed by atoms with Crippen LogP contribution in [0.15, 0.2) is 6.20 Å². The van der Waals surface area contributed by atoms with Crippen LogP contribution in [0.3, 0.4) is 0 Å². The average molecular weight is 337 g/mol. The fraction of sp³-hybridized carbons (Fsp3) is 0.765. The Bertz CT molecular complexity index is 552. The lowest BCUT2D eigenvalue weighted by molar-refractivity contribution is -0.0853. The fourth-order valence-electron chi connectivity index (χ4n) is 4.46. The van der Waals surface area contributed by atoms with Gasteiger partial charge in [-0.3, -0.25) is 5.32 Å². The molecular weight excluding hydrogens is 310 g/mol. The zero-order valence-electron chi connectivity index (χ0n) is 14.3. The quantitative estimate of drug-likeness (QED) is 0.899. The van der Waals surface area contributed by atoms with E-state index in [0.29, 0.717) is 29.1 Å². The summed E-state index contributed by atoms with van der Waals surface area (Å²) in [5.41, 5.74) is 0.369. The summed E-state index contributed by atoms with van der Waals surface area (Å²) in [6.45, 7) is 5.91. The van der Waals surface area contributed by atoms with Gasteiger partial charge in [0.2, 0.25) is 0 Å². The Balaban J connectivity index is 1.64. The molecular formula is C17H27N3O2S. The van der Waals surface area contributed by atoms with Gasteiger partial charge in [0.15, 0.2) is 5.13 Å². The number of hydrogen-bond acceptors (Lipinski definition) is 4. The number of rotatable bonds is 4. The molecule has 2 heterocycles. The number of nitrogens with zero attached hydrogens (tertiary/aromatic N) is 2. The lowest BCUT2D eigenvalue weighted by atomic mass is 9.60. The molecule has 1 spiro atoms. The number of anilines is 1. The molecule has 1 saturated carbocycles. The molecule has 6 heteroatoms. The molecule has 1 atom stereocenters. The Kier molecular flexibility index (Phi) is 4.92. The Hall–Kier alpha value is -1.14. The number of methoxy groups -OCH3 is 1. The first kappa shape index (κ1) is 16.7. The first-order valence-electron chi connectivity index (χ1n) is 8.57. The molecule has 0 unspecified atom stereocenters. The van der Waals surface area contributed by atoms with Crippen molar-refractivity contribution in [3.8, 4) is 0 Å². The van der Waals surface area contributed by atoms with Crippen LogP contribution in [0.1, 0.15) is 50.8 Å². The first-order chi connectivity index (χ1) is 11.1. The molecule has 0 radical (unpaired) electrons. The minimum Gasteiger partial charge on any atom is -0.379 e. The van der Waals surface area contributed by atoms with Crippen molar-refractivity contribution in [3.05, 3.63) is 11.1 Å². The van der Waals surface area contributed by atoms with E-state index in [2.05, 4.69) is 24.1 Å². The van der Waals surface area contributed by atoms with Gasteiger partial charge in [-0.2, -0.15) is 0 Å². The van der Waals surface area contributed by atoms with E-state index in [1.165, 1.54) is 43.4 Å². The molecule has 2 amide bonds. The van der Waals surface area contributed by atoms with Gasteiger partial charge in [0.1, 0.15) is 0 Å². The topological polar surface area (TPSA) is 54.5 Å². The van der Waals surface area contributed by atoms with Crippen LogP contribution in [0, 0.1) is 11.3 Å². The van der Waals surface area contributed by atoms with Crippen LogP contribution in [-0.4, -0.2) is 35.6 Å². The van der Waals surface area contributed by atoms with Crippen LogP contribution in [0.5, 0.6) is 0 Å². The third-order valence-electron chi connectivity index (χ3n) is 5.24. The van der Waals surface area contributed by atoms with Gasteiger partial charge < -0.3 is 9.64 Å². The summed E-state index contributed by atoms with van der Waals surface area (Å²) in [7, 11) is 1.66. The zero-order valence-corrected chi connectivity index (χ0v) is 15.1. The predicted octanol–water partition coefficient (Wildman–Crippen LogP) is 4.11. The highest BCUT2D eigenvalue weighted by atomic mass is 32.1. The maximum atomic E-state index is 12.7. The van der Waals surface area contributed by atoms with Gasteiger partial charge >= 0.3 is 6.03 Å². The Morgan fingerprint density at radius 3 is 2.87 bits per heavy atom. The summed E-state index contributed by atoms with van der Waals surface area (Å²) in [4.78, 5) is 20.0. The predicted molar refractivity (Wildman–Crippen MR) is 92.7 cm³/mol. The maximum absolute atomic E-state index is 12.7. The summed E-state index contributed by atoms with van der Waals surface area (Å²) in [6.07, 6.45) is 8.28. The molecule has 3 rings (SSSR count). The van der Waals surface area contributed by atoms with E-state index in [1.807, 2.05) is 4.90 Å². The standard InChI is InChI=1S/C17H27N3O2S/c1-12(2)14-17(7-5-4-6-8-17)11-20(14)16(21)19-15-18-9-13(23-15)10-22-3/h9,12,14H,4-8,10-11H2,1-3H3,(H,18,19,21)/t14-/m0/s1. The maximum Gasteiger partial charge on any atom is 0.323 e.